The van der Waals surface area contributed by atoms with Crippen molar-refractivity contribution in [2.45, 2.75) is 12.8 Å². The van der Waals surface area contributed by atoms with Gasteiger partial charge in [0.1, 0.15) is 17.0 Å². The molecule has 0 aliphatic carbocycles. The zero-order valence-corrected chi connectivity index (χ0v) is 13.7. The van der Waals surface area contributed by atoms with Gasteiger partial charge in [-0.05, 0) is 30.4 Å². The minimum Gasteiger partial charge on any atom is -0.396 e. The zero-order chi connectivity index (χ0) is 15.6. The summed E-state index contributed by atoms with van der Waals surface area (Å²) in [5.74, 6) is 1.35. The molecule has 0 bridgehead atoms. The van der Waals surface area contributed by atoms with Gasteiger partial charge in [-0.15, -0.1) is 11.3 Å². The van der Waals surface area contributed by atoms with Gasteiger partial charge >= 0.3 is 0 Å². The molecule has 1 atom stereocenters. The summed E-state index contributed by atoms with van der Waals surface area (Å²) in [6, 6.07) is 12.6. The molecular weight excluding hydrogens is 306 g/mol. The number of aromatic nitrogens is 2. The van der Waals surface area contributed by atoms with Gasteiger partial charge in [0.15, 0.2) is 0 Å². The molecule has 23 heavy (non-hydrogen) atoms. The summed E-state index contributed by atoms with van der Waals surface area (Å²) in [5, 5.41) is 10.6. The van der Waals surface area contributed by atoms with Gasteiger partial charge in [-0.1, -0.05) is 30.3 Å². The molecule has 5 heteroatoms. The maximum atomic E-state index is 9.46. The van der Waals surface area contributed by atoms with E-state index in [2.05, 4.69) is 45.2 Å². The first-order valence-corrected chi connectivity index (χ1v) is 8.82. The Kier molecular flexibility index (Phi) is 3.97. The van der Waals surface area contributed by atoms with Crippen molar-refractivity contribution in [2.24, 2.45) is 5.92 Å². The quantitative estimate of drug-likeness (QED) is 0.800. The molecule has 1 fully saturated rings. The number of aliphatic hydroxyl groups is 1. The van der Waals surface area contributed by atoms with Gasteiger partial charge in [-0.2, -0.15) is 0 Å². The SMILES string of the molecule is OC[C@H]1CCCN(c2ncnc3sc(-c4ccccc4)cc23)C1. The normalized spacial score (nSPS) is 18.5. The van der Waals surface area contributed by atoms with Gasteiger partial charge < -0.3 is 10.0 Å². The predicted molar refractivity (Wildman–Crippen MR) is 94.9 cm³/mol. The van der Waals surface area contributed by atoms with Crippen LogP contribution in [0.25, 0.3) is 20.7 Å². The van der Waals surface area contributed by atoms with E-state index in [1.807, 2.05) is 6.07 Å². The van der Waals surface area contributed by atoms with Crippen molar-refractivity contribution in [3.8, 4) is 10.4 Å². The van der Waals surface area contributed by atoms with Crippen LogP contribution in [0.15, 0.2) is 42.7 Å². The third kappa shape index (κ3) is 2.82. The first-order valence-electron chi connectivity index (χ1n) is 8.01. The monoisotopic (exact) mass is 325 g/mol. The van der Waals surface area contributed by atoms with E-state index in [9.17, 15) is 5.11 Å². The Bertz CT molecular complexity index is 802. The Labute approximate surface area is 139 Å². The van der Waals surface area contributed by atoms with Crippen LogP contribution < -0.4 is 4.90 Å². The molecule has 0 spiro atoms. The number of hydrogen-bond acceptors (Lipinski definition) is 5. The molecule has 3 aromatic rings. The number of anilines is 1. The minimum atomic E-state index is 0.254. The fourth-order valence-electron chi connectivity index (χ4n) is 3.25. The Morgan fingerprint density at radius 1 is 1.22 bits per heavy atom. The standard InChI is InChI=1S/C18H19N3OS/c22-11-13-5-4-8-21(10-13)17-15-9-16(14-6-2-1-3-7-14)23-18(15)20-12-19-17/h1-3,6-7,9,12-13,22H,4-5,8,10-11H2/t13-/m0/s1. The number of piperidine rings is 1. The molecule has 0 amide bonds. The number of benzene rings is 1. The van der Waals surface area contributed by atoms with E-state index in [0.717, 1.165) is 42.0 Å². The van der Waals surface area contributed by atoms with Crippen molar-refractivity contribution in [2.75, 3.05) is 24.6 Å². The Morgan fingerprint density at radius 2 is 2.09 bits per heavy atom. The first-order chi connectivity index (χ1) is 11.3. The number of aliphatic hydroxyl groups excluding tert-OH is 1. The third-order valence-electron chi connectivity index (χ3n) is 4.44. The Hall–Kier alpha value is -1.98. The predicted octanol–water partition coefficient (Wildman–Crippen LogP) is 3.57. The highest BCUT2D eigenvalue weighted by Crippen LogP contribution is 2.36. The molecule has 118 valence electrons. The Morgan fingerprint density at radius 3 is 2.91 bits per heavy atom. The number of nitrogens with zero attached hydrogens (tertiary/aromatic N) is 3. The van der Waals surface area contributed by atoms with Crippen molar-refractivity contribution in [1.82, 2.24) is 9.97 Å². The lowest BCUT2D eigenvalue weighted by Crippen LogP contribution is -2.37. The van der Waals surface area contributed by atoms with Crippen molar-refractivity contribution in [1.29, 1.82) is 0 Å². The number of rotatable bonds is 3. The lowest BCUT2D eigenvalue weighted by molar-refractivity contribution is 0.208. The van der Waals surface area contributed by atoms with E-state index in [-0.39, 0.29) is 6.61 Å². The number of hydrogen-bond donors (Lipinski definition) is 1. The van der Waals surface area contributed by atoms with Crippen molar-refractivity contribution in [3.05, 3.63) is 42.7 Å². The maximum absolute atomic E-state index is 9.46. The fraction of sp³-hybridized carbons (Fsp3) is 0.333. The van der Waals surface area contributed by atoms with E-state index >= 15 is 0 Å². The van der Waals surface area contributed by atoms with Crippen LogP contribution in [-0.4, -0.2) is 34.8 Å². The van der Waals surface area contributed by atoms with Gasteiger partial charge in [-0.25, -0.2) is 9.97 Å². The van der Waals surface area contributed by atoms with Gasteiger partial charge in [-0.3, -0.25) is 0 Å². The summed E-state index contributed by atoms with van der Waals surface area (Å²) in [7, 11) is 0. The second kappa shape index (κ2) is 6.26. The van der Waals surface area contributed by atoms with Gasteiger partial charge in [0.05, 0.1) is 5.39 Å². The van der Waals surface area contributed by atoms with Gasteiger partial charge in [0.25, 0.3) is 0 Å². The van der Waals surface area contributed by atoms with E-state index in [1.54, 1.807) is 17.7 Å². The van der Waals surface area contributed by atoms with Crippen LogP contribution >= 0.6 is 11.3 Å². The Balaban J connectivity index is 1.74. The molecule has 1 aliphatic rings. The fourth-order valence-corrected chi connectivity index (χ4v) is 4.25. The van der Waals surface area contributed by atoms with Crippen LogP contribution in [0.5, 0.6) is 0 Å². The average Bonchev–Trinajstić information content (AvgIpc) is 3.07. The topological polar surface area (TPSA) is 49.2 Å². The highest BCUT2D eigenvalue weighted by atomic mass is 32.1. The smallest absolute Gasteiger partial charge is 0.140 e. The summed E-state index contributed by atoms with van der Waals surface area (Å²) in [5.41, 5.74) is 1.22. The highest BCUT2D eigenvalue weighted by molar-refractivity contribution is 7.21. The molecule has 4 nitrogen and oxygen atoms in total. The number of fused-ring (bicyclic) bond motifs is 1. The molecule has 4 rings (SSSR count). The van der Waals surface area contributed by atoms with Crippen LogP contribution in [0.3, 0.4) is 0 Å². The summed E-state index contributed by atoms with van der Waals surface area (Å²) >= 11 is 1.71. The van der Waals surface area contributed by atoms with E-state index in [1.165, 1.54) is 10.4 Å². The van der Waals surface area contributed by atoms with Crippen LogP contribution in [0, 0.1) is 5.92 Å². The van der Waals surface area contributed by atoms with Crippen molar-refractivity contribution in [3.63, 3.8) is 0 Å². The van der Waals surface area contributed by atoms with Gasteiger partial charge in [0.2, 0.25) is 0 Å². The van der Waals surface area contributed by atoms with E-state index < -0.39 is 0 Å². The molecule has 0 unspecified atom stereocenters. The lowest BCUT2D eigenvalue weighted by Gasteiger charge is -2.32. The largest absolute Gasteiger partial charge is 0.396 e. The molecule has 1 aliphatic heterocycles. The van der Waals surface area contributed by atoms with E-state index in [4.69, 9.17) is 0 Å². The summed E-state index contributed by atoms with van der Waals surface area (Å²) in [6.45, 7) is 2.13. The maximum Gasteiger partial charge on any atom is 0.140 e. The molecule has 1 N–H and O–H groups in total. The molecule has 1 saturated heterocycles. The lowest BCUT2D eigenvalue weighted by atomic mass is 9.99. The average molecular weight is 325 g/mol. The molecule has 2 aromatic heterocycles. The minimum absolute atomic E-state index is 0.254. The summed E-state index contributed by atoms with van der Waals surface area (Å²) < 4.78 is 0. The molecule has 0 saturated carbocycles. The first kappa shape index (κ1) is 14.6. The van der Waals surface area contributed by atoms with Crippen LogP contribution in [0.1, 0.15) is 12.8 Å². The van der Waals surface area contributed by atoms with Crippen LogP contribution in [-0.2, 0) is 0 Å². The van der Waals surface area contributed by atoms with Crippen LogP contribution in [0.2, 0.25) is 0 Å². The second-order valence-electron chi connectivity index (χ2n) is 6.03. The molecule has 1 aromatic carbocycles. The summed E-state index contributed by atoms with van der Waals surface area (Å²) in [4.78, 5) is 13.5. The van der Waals surface area contributed by atoms with Crippen molar-refractivity contribution >= 4 is 27.4 Å². The third-order valence-corrected chi connectivity index (χ3v) is 5.54. The van der Waals surface area contributed by atoms with Crippen LogP contribution in [0.4, 0.5) is 5.82 Å². The number of thiophene rings is 1. The van der Waals surface area contributed by atoms with Gasteiger partial charge in [0, 0.05) is 24.6 Å². The molecule has 0 radical (unpaired) electrons. The second-order valence-corrected chi connectivity index (χ2v) is 7.06. The van der Waals surface area contributed by atoms with Crippen molar-refractivity contribution < 1.29 is 5.11 Å². The summed E-state index contributed by atoms with van der Waals surface area (Å²) in [6.07, 6.45) is 3.86. The zero-order valence-electron chi connectivity index (χ0n) is 12.9. The van der Waals surface area contributed by atoms with E-state index in [0.29, 0.717) is 5.92 Å². The molecule has 3 heterocycles. The molecular formula is C18H19N3OS. The highest BCUT2D eigenvalue weighted by Gasteiger charge is 2.22.